The minimum absolute atomic E-state index is 0. The van der Waals surface area contributed by atoms with Crippen LogP contribution >= 0.6 is 7.82 Å². The molecule has 0 saturated carbocycles. The normalized spacial score (nSPS) is 10.8. The van der Waals surface area contributed by atoms with E-state index in [0.29, 0.717) is 0 Å². The Hall–Kier alpha value is 1.42. The number of phosphoric ester groups is 1. The second kappa shape index (κ2) is 10.2. The maximum Gasteiger partial charge on any atom is 2.00 e. The van der Waals surface area contributed by atoms with Gasteiger partial charge in [0.05, 0.1) is 12.8 Å². The monoisotopic (exact) mass is 354 g/mol. The zero-order chi connectivity index (χ0) is 13.9. The zero-order valence-corrected chi connectivity index (χ0v) is 16.1. The van der Waals surface area contributed by atoms with Crippen molar-refractivity contribution in [2.24, 2.45) is 0 Å². The van der Waals surface area contributed by atoms with E-state index in [1.807, 2.05) is 0 Å². The van der Waals surface area contributed by atoms with Crippen LogP contribution < -0.4 is 51.4 Å². The van der Waals surface area contributed by atoms with Gasteiger partial charge in [0.2, 0.25) is 0 Å². The molecule has 0 saturated heterocycles. The number of carboxylic acid groups (broad SMARTS) is 3. The predicted molar refractivity (Wildman–Crippen MR) is 57.1 cm³/mol. The summed E-state index contributed by atoms with van der Waals surface area (Å²) in [6.07, 6.45) is -2.81. The summed E-state index contributed by atoms with van der Waals surface area (Å²) in [5.41, 5.74) is -3.02. The molecule has 10 nitrogen and oxygen atoms in total. The van der Waals surface area contributed by atoms with Gasteiger partial charge in [-0.3, -0.25) is 14.1 Å². The van der Waals surface area contributed by atoms with Gasteiger partial charge in [-0.15, -0.1) is 0 Å². The number of carbonyl (C=O) groups is 3. The van der Waals surface area contributed by atoms with Crippen LogP contribution in [0.25, 0.3) is 0 Å². The molecule has 0 unspecified atom stereocenters. The molecular weight excluding hydrogens is 342 g/mol. The minimum Gasteiger partial charge on any atom is -1.00 e. The third kappa shape index (κ3) is 10.7. The summed E-state index contributed by atoms with van der Waals surface area (Å²) in [7, 11) is -5.36. The fourth-order valence-corrected chi connectivity index (χ4v) is 1.70. The van der Waals surface area contributed by atoms with Gasteiger partial charge in [0.25, 0.3) is 0 Å². The molecular formula is C6H12CaKO10P. The Morgan fingerprint density at radius 3 is 1.53 bits per heavy atom. The first-order valence-corrected chi connectivity index (χ1v) is 5.45. The quantitative estimate of drug-likeness (QED) is 0.222. The minimum atomic E-state index is -5.36. The van der Waals surface area contributed by atoms with Gasteiger partial charge >= 0.3 is 115 Å². The van der Waals surface area contributed by atoms with Crippen molar-refractivity contribution >= 4 is 63.5 Å². The van der Waals surface area contributed by atoms with Gasteiger partial charge in [-0.2, -0.15) is 0 Å². The first-order valence-electron chi connectivity index (χ1n) is 3.92. The predicted octanol–water partition coefficient (Wildman–Crippen LogP) is -4.17. The summed E-state index contributed by atoms with van der Waals surface area (Å²) < 4.78 is 14.4. The molecule has 0 rings (SSSR count). The van der Waals surface area contributed by atoms with Gasteiger partial charge in [-0.25, -0.2) is 9.36 Å². The topological polar surface area (TPSA) is 179 Å². The van der Waals surface area contributed by atoms with Crippen molar-refractivity contribution in [3.05, 3.63) is 0 Å². The van der Waals surface area contributed by atoms with Crippen molar-refractivity contribution < 1.29 is 104 Å². The van der Waals surface area contributed by atoms with Gasteiger partial charge in [-0.1, -0.05) is 0 Å². The van der Waals surface area contributed by atoms with Crippen LogP contribution in [0, 0.1) is 0 Å². The summed E-state index contributed by atoms with van der Waals surface area (Å²) >= 11 is 0. The van der Waals surface area contributed by atoms with E-state index in [9.17, 15) is 18.9 Å². The SMILES string of the molecule is O=C(O)CC(CC(=O)O)(OP(=O)(O)O)C(=O)O.[Ca+2].[H-].[H-].[H-].[K+]. The van der Waals surface area contributed by atoms with Crippen LogP contribution in [-0.4, -0.2) is 86.4 Å². The molecule has 19 heavy (non-hydrogen) atoms. The van der Waals surface area contributed by atoms with E-state index in [0.717, 1.165) is 0 Å². The third-order valence-electron chi connectivity index (χ3n) is 1.56. The number of rotatable bonds is 7. The van der Waals surface area contributed by atoms with Crippen LogP contribution in [0.1, 0.15) is 17.1 Å². The second-order valence-electron chi connectivity index (χ2n) is 3.02. The molecule has 0 atom stereocenters. The number of hydrogen-bond acceptors (Lipinski definition) is 5. The molecule has 0 aromatic carbocycles. The molecule has 0 radical (unpaired) electrons. The molecule has 13 heteroatoms. The average Bonchev–Trinajstić information content (AvgIpc) is 1.96. The maximum atomic E-state index is 10.8. The molecule has 0 fully saturated rings. The van der Waals surface area contributed by atoms with E-state index in [-0.39, 0.29) is 93.4 Å². The average molecular weight is 354 g/mol. The maximum absolute atomic E-state index is 10.8. The van der Waals surface area contributed by atoms with Crippen LogP contribution in [0.3, 0.4) is 0 Å². The molecule has 0 aliphatic heterocycles. The summed E-state index contributed by atoms with van der Waals surface area (Å²) in [5, 5.41) is 25.5. The molecule has 0 spiro atoms. The summed E-state index contributed by atoms with van der Waals surface area (Å²) in [6.45, 7) is 0. The fourth-order valence-electron chi connectivity index (χ4n) is 1.03. The van der Waals surface area contributed by atoms with Gasteiger partial charge in [0.15, 0.2) is 5.60 Å². The van der Waals surface area contributed by atoms with E-state index in [1.165, 1.54) is 0 Å². The van der Waals surface area contributed by atoms with Crippen molar-refractivity contribution in [3.8, 4) is 0 Å². The van der Waals surface area contributed by atoms with Crippen molar-refractivity contribution in [2.45, 2.75) is 18.4 Å². The van der Waals surface area contributed by atoms with Crippen LogP contribution in [0.4, 0.5) is 0 Å². The molecule has 0 aliphatic rings. The summed E-state index contributed by atoms with van der Waals surface area (Å²) in [4.78, 5) is 48.5. The van der Waals surface area contributed by atoms with Crippen LogP contribution in [-0.2, 0) is 23.5 Å². The largest absolute Gasteiger partial charge is 2.00 e. The van der Waals surface area contributed by atoms with Gasteiger partial charge in [0, 0.05) is 0 Å². The van der Waals surface area contributed by atoms with E-state index in [4.69, 9.17) is 25.1 Å². The zero-order valence-electron chi connectivity index (χ0n) is 12.8. The van der Waals surface area contributed by atoms with Gasteiger partial charge in [0.1, 0.15) is 0 Å². The van der Waals surface area contributed by atoms with E-state index < -0.39 is 44.2 Å². The number of carboxylic acids is 3. The Balaban J connectivity index is -0.000000128. The van der Waals surface area contributed by atoms with Crippen molar-refractivity contribution in [1.29, 1.82) is 0 Å². The molecule has 104 valence electrons. The van der Waals surface area contributed by atoms with Crippen molar-refractivity contribution in [2.75, 3.05) is 0 Å². The van der Waals surface area contributed by atoms with Crippen LogP contribution in [0.2, 0.25) is 0 Å². The van der Waals surface area contributed by atoms with Crippen molar-refractivity contribution in [1.82, 2.24) is 0 Å². The summed E-state index contributed by atoms with van der Waals surface area (Å²) in [5.74, 6) is -5.64. The Kier molecular flexibility index (Phi) is 13.6. The second-order valence-corrected chi connectivity index (χ2v) is 4.19. The molecule has 0 heterocycles. The molecule has 0 aliphatic carbocycles. The smallest absolute Gasteiger partial charge is 1.00 e. The molecule has 0 aromatic heterocycles. The fraction of sp³-hybridized carbons (Fsp3) is 0.500. The summed E-state index contributed by atoms with van der Waals surface area (Å²) in [6, 6.07) is 0. The number of phosphoric acid groups is 1. The molecule has 0 amide bonds. The Labute approximate surface area is 183 Å². The Morgan fingerprint density at radius 2 is 1.37 bits per heavy atom. The van der Waals surface area contributed by atoms with E-state index in [1.54, 1.807) is 0 Å². The number of aliphatic carboxylic acids is 3. The van der Waals surface area contributed by atoms with Gasteiger partial charge < -0.3 is 29.4 Å². The van der Waals surface area contributed by atoms with Crippen LogP contribution in [0.15, 0.2) is 0 Å². The van der Waals surface area contributed by atoms with Gasteiger partial charge in [-0.05, 0) is 0 Å². The standard InChI is InChI=1S/C6H9O10P.Ca.K.3H/c7-3(8)1-6(5(11)12,2-4(9)10)16-17(13,14)15;;;;;/h1-2H2,(H,7,8)(H,9,10)(H,11,12)(H2,13,14,15);;;;;/q;+2;+1;3*-1. The van der Waals surface area contributed by atoms with E-state index in [2.05, 4.69) is 4.52 Å². The third-order valence-corrected chi connectivity index (χ3v) is 2.14. The first kappa shape index (κ1) is 25.4. The molecule has 0 bridgehead atoms. The Morgan fingerprint density at radius 1 is 1.05 bits per heavy atom. The van der Waals surface area contributed by atoms with E-state index >= 15 is 0 Å². The molecule has 5 N–H and O–H groups in total. The van der Waals surface area contributed by atoms with Crippen LogP contribution in [0.5, 0.6) is 0 Å². The number of hydrogen-bond donors (Lipinski definition) is 5. The van der Waals surface area contributed by atoms with Crippen molar-refractivity contribution in [3.63, 3.8) is 0 Å². The molecule has 0 aromatic rings. The Bertz CT molecular complexity index is 388. The first-order chi connectivity index (χ1) is 7.48.